The second kappa shape index (κ2) is 7.11. The third-order valence-electron chi connectivity index (χ3n) is 3.01. The minimum atomic E-state index is -1.04. The Labute approximate surface area is 113 Å². The van der Waals surface area contributed by atoms with Gasteiger partial charge in [0, 0.05) is 19.0 Å². The molecule has 0 aliphatic heterocycles. The molecule has 0 radical (unpaired) electrons. The number of aliphatic carboxylic acids is 1. The van der Waals surface area contributed by atoms with Crippen LogP contribution < -0.4 is 5.32 Å². The van der Waals surface area contributed by atoms with Crippen molar-refractivity contribution in [2.24, 2.45) is 5.92 Å². The van der Waals surface area contributed by atoms with Gasteiger partial charge in [0.2, 0.25) is 5.91 Å². The molecule has 2 N–H and O–H groups in total. The Kier molecular flexibility index (Phi) is 5.79. The molecule has 108 valence electrons. The first kappa shape index (κ1) is 15.5. The van der Waals surface area contributed by atoms with Crippen LogP contribution in [0.2, 0.25) is 0 Å². The van der Waals surface area contributed by atoms with Gasteiger partial charge in [-0.1, -0.05) is 13.8 Å². The highest BCUT2D eigenvalue weighted by Gasteiger charge is 2.32. The van der Waals surface area contributed by atoms with Crippen molar-refractivity contribution in [1.82, 2.24) is 10.2 Å². The molecular formula is C13H22N2O4. The Bertz CT molecular complexity index is 351. The molecule has 0 saturated heterocycles. The Morgan fingerprint density at radius 2 is 1.89 bits per heavy atom. The predicted octanol–water partition coefficient (Wildman–Crippen LogP) is 1.60. The van der Waals surface area contributed by atoms with Crippen molar-refractivity contribution >= 4 is 17.9 Å². The number of imide groups is 1. The molecule has 19 heavy (non-hydrogen) atoms. The molecule has 1 saturated carbocycles. The lowest BCUT2D eigenvalue weighted by Gasteiger charge is -2.23. The van der Waals surface area contributed by atoms with E-state index in [1.165, 1.54) is 0 Å². The summed E-state index contributed by atoms with van der Waals surface area (Å²) in [5, 5.41) is 10.7. The highest BCUT2D eigenvalue weighted by atomic mass is 16.4. The minimum Gasteiger partial charge on any atom is -0.481 e. The van der Waals surface area contributed by atoms with Crippen LogP contribution in [0.5, 0.6) is 0 Å². The molecule has 0 aromatic carbocycles. The summed E-state index contributed by atoms with van der Waals surface area (Å²) in [5.41, 5.74) is 0. The van der Waals surface area contributed by atoms with Crippen LogP contribution in [0.25, 0.3) is 0 Å². The molecular weight excluding hydrogens is 248 g/mol. The van der Waals surface area contributed by atoms with Crippen LogP contribution in [0.3, 0.4) is 0 Å². The maximum absolute atomic E-state index is 11.9. The lowest BCUT2D eigenvalue weighted by atomic mass is 10.1. The molecule has 0 aromatic heterocycles. The van der Waals surface area contributed by atoms with Crippen molar-refractivity contribution in [2.75, 3.05) is 6.54 Å². The standard InChI is InChI=1S/C13H22N2O4/c1-9(2)7-8-15(10-3-4-10)13(19)14-11(16)5-6-12(17)18/h9-10H,3-8H2,1-2H3,(H,17,18)(H,14,16,19). The number of nitrogens with one attached hydrogen (secondary N) is 1. The number of amides is 3. The number of hydrogen-bond acceptors (Lipinski definition) is 3. The smallest absolute Gasteiger partial charge is 0.324 e. The molecule has 6 heteroatoms. The summed E-state index contributed by atoms with van der Waals surface area (Å²) < 4.78 is 0. The van der Waals surface area contributed by atoms with E-state index in [9.17, 15) is 14.4 Å². The quantitative estimate of drug-likeness (QED) is 0.735. The van der Waals surface area contributed by atoms with Gasteiger partial charge in [-0.15, -0.1) is 0 Å². The lowest BCUT2D eigenvalue weighted by molar-refractivity contribution is -0.138. The third-order valence-corrected chi connectivity index (χ3v) is 3.01. The van der Waals surface area contributed by atoms with E-state index in [-0.39, 0.29) is 18.9 Å². The SMILES string of the molecule is CC(C)CCN(C(=O)NC(=O)CCC(=O)O)C1CC1. The molecule has 0 aromatic rings. The van der Waals surface area contributed by atoms with Crippen molar-refractivity contribution in [2.45, 2.75) is 52.0 Å². The average Bonchev–Trinajstić information content (AvgIpc) is 3.10. The molecule has 0 heterocycles. The van der Waals surface area contributed by atoms with Crippen molar-refractivity contribution in [1.29, 1.82) is 0 Å². The van der Waals surface area contributed by atoms with E-state index in [2.05, 4.69) is 19.2 Å². The molecule has 1 fully saturated rings. The Morgan fingerprint density at radius 1 is 1.26 bits per heavy atom. The van der Waals surface area contributed by atoms with Crippen LogP contribution in [-0.4, -0.2) is 40.5 Å². The lowest BCUT2D eigenvalue weighted by Crippen LogP contribution is -2.44. The molecule has 0 bridgehead atoms. The first-order valence-corrected chi connectivity index (χ1v) is 6.72. The zero-order valence-corrected chi connectivity index (χ0v) is 11.5. The van der Waals surface area contributed by atoms with E-state index in [4.69, 9.17) is 5.11 Å². The summed E-state index contributed by atoms with van der Waals surface area (Å²) in [6.07, 6.45) is 2.44. The summed E-state index contributed by atoms with van der Waals surface area (Å²) >= 11 is 0. The van der Waals surface area contributed by atoms with Gasteiger partial charge < -0.3 is 10.0 Å². The summed E-state index contributed by atoms with van der Waals surface area (Å²) in [4.78, 5) is 35.4. The fourth-order valence-corrected chi connectivity index (χ4v) is 1.71. The zero-order chi connectivity index (χ0) is 14.4. The molecule has 0 unspecified atom stereocenters. The minimum absolute atomic E-state index is 0.163. The number of carboxylic acids is 1. The number of rotatable bonds is 7. The van der Waals surface area contributed by atoms with E-state index >= 15 is 0 Å². The molecule has 3 amide bonds. The number of urea groups is 1. The second-order valence-electron chi connectivity index (χ2n) is 5.35. The van der Waals surface area contributed by atoms with E-state index in [0.29, 0.717) is 12.5 Å². The summed E-state index contributed by atoms with van der Waals surface area (Å²) in [6.45, 7) is 4.81. The first-order valence-electron chi connectivity index (χ1n) is 6.72. The van der Waals surface area contributed by atoms with E-state index in [1.807, 2.05) is 0 Å². The highest BCUT2D eigenvalue weighted by molar-refractivity contribution is 5.95. The monoisotopic (exact) mass is 270 g/mol. The Hall–Kier alpha value is -1.59. The van der Waals surface area contributed by atoms with Crippen molar-refractivity contribution < 1.29 is 19.5 Å². The first-order chi connectivity index (χ1) is 8.90. The Balaban J connectivity index is 2.39. The summed E-state index contributed by atoms with van der Waals surface area (Å²) in [5.74, 6) is -1.07. The van der Waals surface area contributed by atoms with Gasteiger partial charge in [-0.3, -0.25) is 14.9 Å². The van der Waals surface area contributed by atoms with Crippen molar-refractivity contribution in [3.8, 4) is 0 Å². The number of carboxylic acid groups (broad SMARTS) is 1. The molecule has 0 atom stereocenters. The molecule has 1 aliphatic rings. The normalized spacial score (nSPS) is 14.3. The van der Waals surface area contributed by atoms with Crippen molar-refractivity contribution in [3.63, 3.8) is 0 Å². The van der Waals surface area contributed by atoms with Crippen LogP contribution in [0.1, 0.15) is 46.0 Å². The molecule has 0 spiro atoms. The molecule has 6 nitrogen and oxygen atoms in total. The maximum atomic E-state index is 11.9. The Morgan fingerprint density at radius 3 is 2.37 bits per heavy atom. The maximum Gasteiger partial charge on any atom is 0.324 e. The van der Waals surface area contributed by atoms with Gasteiger partial charge in [0.05, 0.1) is 6.42 Å². The van der Waals surface area contributed by atoms with E-state index < -0.39 is 17.9 Å². The van der Waals surface area contributed by atoms with Gasteiger partial charge in [-0.05, 0) is 25.2 Å². The summed E-state index contributed by atoms with van der Waals surface area (Å²) in [6, 6.07) is -0.149. The predicted molar refractivity (Wildman–Crippen MR) is 69.6 cm³/mol. The molecule has 1 rings (SSSR count). The fraction of sp³-hybridized carbons (Fsp3) is 0.769. The van der Waals surface area contributed by atoms with Gasteiger partial charge in [0.1, 0.15) is 0 Å². The topological polar surface area (TPSA) is 86.7 Å². The van der Waals surface area contributed by atoms with Gasteiger partial charge >= 0.3 is 12.0 Å². The van der Waals surface area contributed by atoms with Crippen LogP contribution >= 0.6 is 0 Å². The molecule has 1 aliphatic carbocycles. The van der Waals surface area contributed by atoms with E-state index in [0.717, 1.165) is 19.3 Å². The van der Waals surface area contributed by atoms with Crippen molar-refractivity contribution in [3.05, 3.63) is 0 Å². The zero-order valence-electron chi connectivity index (χ0n) is 11.5. The second-order valence-corrected chi connectivity index (χ2v) is 5.35. The van der Waals surface area contributed by atoms with Gasteiger partial charge in [-0.2, -0.15) is 0 Å². The largest absolute Gasteiger partial charge is 0.481 e. The third kappa shape index (κ3) is 6.22. The van der Waals surface area contributed by atoms with Gasteiger partial charge in [-0.25, -0.2) is 4.79 Å². The average molecular weight is 270 g/mol. The number of carbonyl (C=O) groups excluding carboxylic acids is 2. The van der Waals surface area contributed by atoms with Crippen LogP contribution in [0.15, 0.2) is 0 Å². The number of nitrogens with zero attached hydrogens (tertiary/aromatic N) is 1. The van der Waals surface area contributed by atoms with Crippen LogP contribution in [0, 0.1) is 5.92 Å². The number of hydrogen-bond donors (Lipinski definition) is 2. The number of carbonyl (C=O) groups is 3. The van der Waals surface area contributed by atoms with Crippen LogP contribution in [0.4, 0.5) is 4.79 Å². The van der Waals surface area contributed by atoms with Crippen LogP contribution in [-0.2, 0) is 9.59 Å². The highest BCUT2D eigenvalue weighted by Crippen LogP contribution is 2.27. The summed E-state index contributed by atoms with van der Waals surface area (Å²) in [7, 11) is 0. The fourth-order valence-electron chi connectivity index (χ4n) is 1.71. The van der Waals surface area contributed by atoms with Gasteiger partial charge in [0.15, 0.2) is 0 Å². The van der Waals surface area contributed by atoms with E-state index in [1.54, 1.807) is 4.90 Å². The van der Waals surface area contributed by atoms with Gasteiger partial charge in [0.25, 0.3) is 0 Å².